The number of carbonyl (C=O) groups excluding carboxylic acids is 1. The number of H-pyrrole nitrogens is 1. The summed E-state index contributed by atoms with van der Waals surface area (Å²) in [6, 6.07) is -1.26. The zero-order valence-corrected chi connectivity index (χ0v) is 11.9. The molecule has 0 spiro atoms. The van der Waals surface area contributed by atoms with E-state index >= 15 is 0 Å². The highest BCUT2D eigenvalue weighted by Gasteiger charge is 2.37. The van der Waals surface area contributed by atoms with Crippen LogP contribution in [0.15, 0.2) is 6.33 Å². The summed E-state index contributed by atoms with van der Waals surface area (Å²) in [6.07, 6.45) is 7.77. The number of carbonyl (C=O) groups is 2. The molecule has 2 heterocycles. The number of hydrogen-bond acceptors (Lipinski definition) is 3. The highest BCUT2D eigenvalue weighted by atomic mass is 16.4. The Morgan fingerprint density at radius 2 is 2.43 bits per heavy atom. The molecule has 1 aromatic rings. The van der Waals surface area contributed by atoms with Gasteiger partial charge in [-0.3, -0.25) is 0 Å². The van der Waals surface area contributed by atoms with Gasteiger partial charge in [0.1, 0.15) is 6.04 Å². The van der Waals surface area contributed by atoms with Gasteiger partial charge in [0, 0.05) is 13.0 Å². The van der Waals surface area contributed by atoms with Gasteiger partial charge in [0.15, 0.2) is 0 Å². The van der Waals surface area contributed by atoms with E-state index in [1.807, 2.05) is 6.92 Å². The number of carboxylic acids is 1. The summed E-state index contributed by atoms with van der Waals surface area (Å²) in [5, 5.41) is 9.37. The number of hydrogen-bond donors (Lipinski definition) is 2. The van der Waals surface area contributed by atoms with Crippen LogP contribution in [-0.4, -0.2) is 56.0 Å². The SMILES string of the molecule is C#CCN(CCC)C(=O)N1Cc2[nH]cnc2CC1C(=O)O. The van der Waals surface area contributed by atoms with E-state index in [9.17, 15) is 14.7 Å². The minimum absolute atomic E-state index is 0.172. The van der Waals surface area contributed by atoms with Gasteiger partial charge in [0.25, 0.3) is 0 Å². The average molecular weight is 290 g/mol. The van der Waals surface area contributed by atoms with Crippen LogP contribution in [0.3, 0.4) is 0 Å². The molecule has 1 unspecified atom stereocenters. The van der Waals surface area contributed by atoms with Crippen LogP contribution in [0.5, 0.6) is 0 Å². The van der Waals surface area contributed by atoms with Crippen LogP contribution in [0.25, 0.3) is 0 Å². The smallest absolute Gasteiger partial charge is 0.326 e. The Labute approximate surface area is 123 Å². The third kappa shape index (κ3) is 2.99. The molecule has 0 bridgehead atoms. The Bertz CT molecular complexity index is 575. The maximum Gasteiger partial charge on any atom is 0.326 e. The van der Waals surface area contributed by atoms with Crippen LogP contribution >= 0.6 is 0 Å². The van der Waals surface area contributed by atoms with E-state index in [1.165, 1.54) is 16.1 Å². The molecular formula is C14H18N4O3. The highest BCUT2D eigenvalue weighted by Crippen LogP contribution is 2.22. The van der Waals surface area contributed by atoms with Gasteiger partial charge < -0.3 is 19.9 Å². The second-order valence-electron chi connectivity index (χ2n) is 4.92. The fourth-order valence-corrected chi connectivity index (χ4v) is 2.46. The number of nitrogens with one attached hydrogen (secondary N) is 1. The molecule has 1 aromatic heterocycles. The maximum absolute atomic E-state index is 12.6. The lowest BCUT2D eigenvalue weighted by atomic mass is 10.0. The standard InChI is InChI=1S/C14H18N4O3/c1-3-5-17(6-4-2)14(21)18-8-11-10(15-9-16-11)7-12(18)13(19)20/h1,9,12H,4-8H2,2H3,(H,15,16)(H,19,20). The Balaban J connectivity index is 2.25. The highest BCUT2D eigenvalue weighted by molar-refractivity contribution is 5.83. The van der Waals surface area contributed by atoms with Crippen molar-refractivity contribution >= 4 is 12.0 Å². The number of aromatic amines is 1. The molecule has 7 nitrogen and oxygen atoms in total. The quantitative estimate of drug-likeness (QED) is 0.798. The van der Waals surface area contributed by atoms with Gasteiger partial charge >= 0.3 is 12.0 Å². The van der Waals surface area contributed by atoms with E-state index < -0.39 is 12.0 Å². The monoisotopic (exact) mass is 290 g/mol. The third-order valence-electron chi connectivity index (χ3n) is 3.48. The number of amides is 2. The summed E-state index contributed by atoms with van der Waals surface area (Å²) in [5.74, 6) is 1.41. The Morgan fingerprint density at radius 1 is 1.67 bits per heavy atom. The van der Waals surface area contributed by atoms with Crippen molar-refractivity contribution in [2.24, 2.45) is 0 Å². The summed E-state index contributed by atoms with van der Waals surface area (Å²) in [4.78, 5) is 33.9. The molecule has 112 valence electrons. The number of aromatic nitrogens is 2. The Morgan fingerprint density at radius 3 is 3.05 bits per heavy atom. The molecule has 0 saturated carbocycles. The van der Waals surface area contributed by atoms with Crippen LogP contribution < -0.4 is 0 Å². The van der Waals surface area contributed by atoms with E-state index in [-0.39, 0.29) is 25.5 Å². The summed E-state index contributed by atoms with van der Waals surface area (Å²) >= 11 is 0. The van der Waals surface area contributed by atoms with Crippen molar-refractivity contribution in [2.75, 3.05) is 13.1 Å². The summed E-state index contributed by atoms with van der Waals surface area (Å²) in [5.41, 5.74) is 1.48. The van der Waals surface area contributed by atoms with Crippen LogP contribution in [0.4, 0.5) is 4.79 Å². The topological polar surface area (TPSA) is 89.5 Å². The van der Waals surface area contributed by atoms with E-state index in [4.69, 9.17) is 6.42 Å². The number of fused-ring (bicyclic) bond motifs is 1. The fourth-order valence-electron chi connectivity index (χ4n) is 2.46. The van der Waals surface area contributed by atoms with Crippen molar-refractivity contribution in [2.45, 2.75) is 32.4 Å². The average Bonchev–Trinajstić information content (AvgIpc) is 2.92. The number of rotatable bonds is 4. The van der Waals surface area contributed by atoms with Gasteiger partial charge in [-0.25, -0.2) is 14.6 Å². The van der Waals surface area contributed by atoms with Gasteiger partial charge in [-0.2, -0.15) is 0 Å². The molecule has 0 aromatic carbocycles. The van der Waals surface area contributed by atoms with Crippen molar-refractivity contribution in [3.63, 3.8) is 0 Å². The lowest BCUT2D eigenvalue weighted by Gasteiger charge is -2.35. The third-order valence-corrected chi connectivity index (χ3v) is 3.48. The first-order valence-corrected chi connectivity index (χ1v) is 6.81. The molecule has 0 radical (unpaired) electrons. The number of urea groups is 1. The summed E-state index contributed by atoms with van der Waals surface area (Å²) in [6.45, 7) is 2.82. The van der Waals surface area contributed by atoms with Gasteiger partial charge in [0.2, 0.25) is 0 Å². The molecule has 7 heteroatoms. The van der Waals surface area contributed by atoms with Gasteiger partial charge in [0.05, 0.1) is 30.8 Å². The van der Waals surface area contributed by atoms with E-state index in [2.05, 4.69) is 15.9 Å². The predicted octanol–water partition coefficient (Wildman–Crippen LogP) is 0.686. The second kappa shape index (κ2) is 6.31. The van der Waals surface area contributed by atoms with Crippen molar-refractivity contribution < 1.29 is 14.7 Å². The zero-order chi connectivity index (χ0) is 15.4. The maximum atomic E-state index is 12.6. The molecular weight excluding hydrogens is 272 g/mol. The van der Waals surface area contributed by atoms with Crippen LogP contribution in [0.2, 0.25) is 0 Å². The van der Waals surface area contributed by atoms with Gasteiger partial charge in [-0.15, -0.1) is 6.42 Å². The molecule has 0 aliphatic carbocycles. The first-order chi connectivity index (χ1) is 10.1. The minimum atomic E-state index is -1.03. The minimum Gasteiger partial charge on any atom is -0.480 e. The van der Waals surface area contributed by atoms with Crippen molar-refractivity contribution in [1.82, 2.24) is 19.8 Å². The van der Waals surface area contributed by atoms with Crippen LogP contribution in [-0.2, 0) is 17.8 Å². The van der Waals surface area contributed by atoms with E-state index in [0.717, 1.165) is 12.1 Å². The lowest BCUT2D eigenvalue weighted by molar-refractivity contribution is -0.142. The molecule has 2 amide bonds. The first-order valence-electron chi connectivity index (χ1n) is 6.81. The fraction of sp³-hybridized carbons (Fsp3) is 0.500. The van der Waals surface area contributed by atoms with Crippen molar-refractivity contribution in [3.8, 4) is 12.3 Å². The van der Waals surface area contributed by atoms with E-state index in [0.29, 0.717) is 12.2 Å². The Kier molecular flexibility index (Phi) is 4.48. The van der Waals surface area contributed by atoms with Crippen molar-refractivity contribution in [3.05, 3.63) is 17.7 Å². The van der Waals surface area contributed by atoms with Gasteiger partial charge in [-0.05, 0) is 6.42 Å². The first kappa shape index (κ1) is 14.9. The molecule has 21 heavy (non-hydrogen) atoms. The van der Waals surface area contributed by atoms with E-state index in [1.54, 1.807) is 0 Å². The second-order valence-corrected chi connectivity index (χ2v) is 4.92. The summed E-state index contributed by atoms with van der Waals surface area (Å²) < 4.78 is 0. The number of nitrogens with zero attached hydrogens (tertiary/aromatic N) is 3. The number of carboxylic acid groups (broad SMARTS) is 1. The molecule has 2 N–H and O–H groups in total. The van der Waals surface area contributed by atoms with Crippen LogP contribution in [0.1, 0.15) is 24.7 Å². The van der Waals surface area contributed by atoms with Gasteiger partial charge in [-0.1, -0.05) is 12.8 Å². The molecule has 2 rings (SSSR count). The normalized spacial score (nSPS) is 17.0. The Hall–Kier alpha value is -2.49. The van der Waals surface area contributed by atoms with Crippen molar-refractivity contribution in [1.29, 1.82) is 0 Å². The number of imidazole rings is 1. The summed E-state index contributed by atoms with van der Waals surface area (Å²) in [7, 11) is 0. The molecule has 0 saturated heterocycles. The largest absolute Gasteiger partial charge is 0.480 e. The lowest BCUT2D eigenvalue weighted by Crippen LogP contribution is -2.53. The molecule has 1 atom stereocenters. The van der Waals surface area contributed by atoms with Crippen LogP contribution in [0, 0.1) is 12.3 Å². The molecule has 1 aliphatic rings. The molecule has 0 fully saturated rings. The molecule has 1 aliphatic heterocycles. The predicted molar refractivity (Wildman–Crippen MR) is 75.4 cm³/mol. The zero-order valence-electron chi connectivity index (χ0n) is 11.9. The number of terminal acetylenes is 1. The number of aliphatic carboxylic acids is 1.